The third-order valence-electron chi connectivity index (χ3n) is 3.03. The van der Waals surface area contributed by atoms with Crippen molar-refractivity contribution in [2.75, 3.05) is 14.2 Å². The Morgan fingerprint density at radius 2 is 1.57 bits per heavy atom. The number of hydrogen-bond acceptors (Lipinski definition) is 2. The van der Waals surface area contributed by atoms with Crippen molar-refractivity contribution in [3.05, 3.63) is 57.6 Å². The molecule has 0 saturated carbocycles. The molecule has 0 amide bonds. The molecule has 2 aromatic rings. The molecular weight excluding hydrogens is 410 g/mol. The van der Waals surface area contributed by atoms with E-state index in [2.05, 4.69) is 31.9 Å². The minimum atomic E-state index is -0.698. The van der Waals surface area contributed by atoms with Crippen LogP contribution in [0.5, 0.6) is 11.5 Å². The normalized spacial score (nSPS) is 12.1. The first-order valence-corrected chi connectivity index (χ1v) is 7.69. The van der Waals surface area contributed by atoms with Gasteiger partial charge in [0.2, 0.25) is 0 Å². The van der Waals surface area contributed by atoms with Crippen LogP contribution >= 0.6 is 31.9 Å². The molecule has 0 aromatic heterocycles. The average Bonchev–Trinajstić information content (AvgIpc) is 2.46. The first-order valence-electron chi connectivity index (χ1n) is 5.99. The third-order valence-corrected chi connectivity index (χ3v) is 4.60. The van der Waals surface area contributed by atoms with Gasteiger partial charge in [0.15, 0.2) is 0 Å². The lowest BCUT2D eigenvalue weighted by Gasteiger charge is -2.18. The first kappa shape index (κ1) is 16.2. The zero-order chi connectivity index (χ0) is 15.6. The third kappa shape index (κ3) is 3.21. The largest absolute Gasteiger partial charge is 0.496 e. The van der Waals surface area contributed by atoms with Crippen molar-refractivity contribution in [3.8, 4) is 11.5 Å². The zero-order valence-corrected chi connectivity index (χ0v) is 14.5. The van der Waals surface area contributed by atoms with Gasteiger partial charge >= 0.3 is 0 Å². The van der Waals surface area contributed by atoms with E-state index in [-0.39, 0.29) is 5.56 Å². The van der Waals surface area contributed by atoms with Crippen LogP contribution in [-0.2, 0) is 0 Å². The molecule has 21 heavy (non-hydrogen) atoms. The highest BCUT2D eigenvalue weighted by atomic mass is 79.9. The van der Waals surface area contributed by atoms with Crippen LogP contribution in [0.2, 0.25) is 0 Å². The van der Waals surface area contributed by atoms with Crippen molar-refractivity contribution in [2.24, 2.45) is 0 Å². The van der Waals surface area contributed by atoms with Crippen LogP contribution in [-0.4, -0.2) is 14.2 Å². The summed E-state index contributed by atoms with van der Waals surface area (Å²) in [5, 5.41) is 0. The van der Waals surface area contributed by atoms with Crippen molar-refractivity contribution in [2.45, 2.75) is 4.83 Å². The van der Waals surface area contributed by atoms with Gasteiger partial charge in [0, 0.05) is 11.1 Å². The fourth-order valence-electron chi connectivity index (χ4n) is 1.99. The summed E-state index contributed by atoms with van der Waals surface area (Å²) < 4.78 is 39.1. The van der Waals surface area contributed by atoms with Crippen LogP contribution < -0.4 is 9.47 Å². The van der Waals surface area contributed by atoms with E-state index < -0.39 is 16.5 Å². The molecule has 0 aliphatic rings. The van der Waals surface area contributed by atoms with E-state index in [0.29, 0.717) is 21.5 Å². The van der Waals surface area contributed by atoms with Crippen LogP contribution in [0.15, 0.2) is 34.8 Å². The molecule has 0 N–H and O–H groups in total. The van der Waals surface area contributed by atoms with E-state index in [1.165, 1.54) is 32.4 Å². The fourth-order valence-corrected chi connectivity index (χ4v) is 3.27. The number of halogens is 4. The minimum absolute atomic E-state index is 0.0693. The van der Waals surface area contributed by atoms with Gasteiger partial charge in [-0.15, -0.1) is 0 Å². The molecule has 2 nitrogen and oxygen atoms in total. The maximum absolute atomic E-state index is 13.9. The molecule has 0 bridgehead atoms. The lowest BCUT2D eigenvalue weighted by molar-refractivity contribution is 0.397. The highest BCUT2D eigenvalue weighted by molar-refractivity contribution is 9.10. The maximum atomic E-state index is 13.9. The van der Waals surface area contributed by atoms with Gasteiger partial charge in [-0.25, -0.2) is 8.78 Å². The lowest BCUT2D eigenvalue weighted by Crippen LogP contribution is -2.03. The van der Waals surface area contributed by atoms with Crippen molar-refractivity contribution in [1.29, 1.82) is 0 Å². The minimum Gasteiger partial charge on any atom is -0.496 e. The van der Waals surface area contributed by atoms with Gasteiger partial charge in [-0.2, -0.15) is 0 Å². The zero-order valence-electron chi connectivity index (χ0n) is 11.3. The Morgan fingerprint density at radius 1 is 1.00 bits per heavy atom. The average molecular weight is 422 g/mol. The summed E-state index contributed by atoms with van der Waals surface area (Å²) in [6, 6.07) is 7.13. The summed E-state index contributed by atoms with van der Waals surface area (Å²) >= 11 is 6.69. The van der Waals surface area contributed by atoms with E-state index in [4.69, 9.17) is 9.47 Å². The van der Waals surface area contributed by atoms with Gasteiger partial charge < -0.3 is 9.47 Å². The Hall–Kier alpha value is -1.14. The quantitative estimate of drug-likeness (QED) is 0.629. The summed E-state index contributed by atoms with van der Waals surface area (Å²) in [6.07, 6.45) is 0. The van der Waals surface area contributed by atoms with Crippen molar-refractivity contribution >= 4 is 31.9 Å². The summed E-state index contributed by atoms with van der Waals surface area (Å²) in [5.41, 5.74) is 0.502. The predicted octanol–water partition coefficient (Wildman–Crippen LogP) is 5.23. The smallest absolute Gasteiger partial charge is 0.133 e. The molecule has 0 radical (unpaired) electrons. The number of methoxy groups -OCH3 is 2. The highest BCUT2D eigenvalue weighted by Gasteiger charge is 2.23. The van der Waals surface area contributed by atoms with Gasteiger partial charge in [0.1, 0.15) is 23.1 Å². The van der Waals surface area contributed by atoms with E-state index in [1.54, 1.807) is 12.1 Å². The molecule has 2 rings (SSSR count). The van der Waals surface area contributed by atoms with Gasteiger partial charge in [-0.3, -0.25) is 0 Å². The Labute approximate surface area is 138 Å². The number of rotatable bonds is 4. The van der Waals surface area contributed by atoms with Gasteiger partial charge in [-0.1, -0.05) is 22.0 Å². The summed E-state index contributed by atoms with van der Waals surface area (Å²) in [5.74, 6) is -0.208. The standard InChI is InChI=1S/C15H12Br2F2O2/c1-20-12-7-9(16)13(21-2)6-8(12)15(17)14-10(18)4-3-5-11(14)19/h3-7,15H,1-2H3. The molecule has 1 atom stereocenters. The predicted molar refractivity (Wildman–Crippen MR) is 84.4 cm³/mol. The fraction of sp³-hybridized carbons (Fsp3) is 0.200. The van der Waals surface area contributed by atoms with Crippen molar-refractivity contribution in [3.63, 3.8) is 0 Å². The molecule has 112 valence electrons. The molecular formula is C15H12Br2F2O2. The monoisotopic (exact) mass is 420 g/mol. The molecule has 2 aromatic carbocycles. The summed E-state index contributed by atoms with van der Waals surface area (Å²) in [7, 11) is 3.01. The number of hydrogen-bond donors (Lipinski definition) is 0. The molecule has 0 aliphatic heterocycles. The van der Waals surface area contributed by atoms with Crippen LogP contribution in [0.4, 0.5) is 8.78 Å². The molecule has 0 aliphatic carbocycles. The molecule has 6 heteroatoms. The molecule has 0 saturated heterocycles. The SMILES string of the molecule is COc1cc(C(Br)c2c(F)cccc2F)c(OC)cc1Br. The second kappa shape index (κ2) is 6.75. The number of ether oxygens (including phenoxy) is 2. The first-order chi connectivity index (χ1) is 9.99. The Bertz CT molecular complexity index is 642. The lowest BCUT2D eigenvalue weighted by atomic mass is 10.0. The molecule has 0 fully saturated rings. The summed E-state index contributed by atoms with van der Waals surface area (Å²) in [4.78, 5) is -0.698. The topological polar surface area (TPSA) is 18.5 Å². The maximum Gasteiger partial charge on any atom is 0.133 e. The van der Waals surface area contributed by atoms with E-state index >= 15 is 0 Å². The van der Waals surface area contributed by atoms with E-state index in [9.17, 15) is 8.78 Å². The highest BCUT2D eigenvalue weighted by Crippen LogP contribution is 2.43. The van der Waals surface area contributed by atoms with Gasteiger partial charge in [0.25, 0.3) is 0 Å². The van der Waals surface area contributed by atoms with Crippen molar-refractivity contribution in [1.82, 2.24) is 0 Å². The Kier molecular flexibility index (Phi) is 5.22. The van der Waals surface area contributed by atoms with E-state index in [0.717, 1.165) is 0 Å². The Morgan fingerprint density at radius 3 is 2.10 bits per heavy atom. The van der Waals surface area contributed by atoms with Crippen LogP contribution in [0, 0.1) is 11.6 Å². The Balaban J connectivity index is 2.59. The number of alkyl halides is 1. The van der Waals surface area contributed by atoms with Gasteiger partial charge in [0.05, 0.1) is 23.5 Å². The van der Waals surface area contributed by atoms with E-state index in [1.807, 2.05) is 0 Å². The molecule has 0 spiro atoms. The molecule has 0 heterocycles. The summed E-state index contributed by atoms with van der Waals surface area (Å²) in [6.45, 7) is 0. The molecule has 1 unspecified atom stereocenters. The van der Waals surface area contributed by atoms with Gasteiger partial charge in [-0.05, 0) is 40.2 Å². The van der Waals surface area contributed by atoms with Crippen LogP contribution in [0.1, 0.15) is 16.0 Å². The van der Waals surface area contributed by atoms with Crippen molar-refractivity contribution < 1.29 is 18.3 Å². The second-order valence-corrected chi connectivity index (χ2v) is 6.00. The number of benzene rings is 2. The second-order valence-electron chi connectivity index (χ2n) is 4.23. The van der Waals surface area contributed by atoms with Crippen LogP contribution in [0.25, 0.3) is 0 Å². The van der Waals surface area contributed by atoms with Crippen LogP contribution in [0.3, 0.4) is 0 Å².